The van der Waals surface area contributed by atoms with Crippen LogP contribution in [0.4, 0.5) is 0 Å². The molecule has 1 spiro atoms. The molecule has 2 heterocycles. The molecule has 0 bridgehead atoms. The van der Waals surface area contributed by atoms with Gasteiger partial charge in [-0.3, -0.25) is 10.1 Å². The molecule has 0 aromatic heterocycles. The topological polar surface area (TPSA) is 38.3 Å². The van der Waals surface area contributed by atoms with Crippen LogP contribution in [0.15, 0.2) is 12.3 Å². The fraction of sp³-hybridized carbons (Fsp3) is 0.571. The number of ether oxygens (including phenoxy) is 1. The van der Waals surface area contributed by atoms with Crippen LogP contribution >= 0.6 is 0 Å². The maximum absolute atomic E-state index is 10.9. The minimum atomic E-state index is -0.314. The van der Waals surface area contributed by atoms with E-state index < -0.39 is 0 Å². The summed E-state index contributed by atoms with van der Waals surface area (Å²) >= 11 is 0. The Labute approximate surface area is 59.1 Å². The molecule has 2 aliphatic rings. The highest BCUT2D eigenvalue weighted by molar-refractivity contribution is 5.90. The van der Waals surface area contributed by atoms with Crippen molar-refractivity contribution in [3.05, 3.63) is 12.3 Å². The molecule has 1 N–H and O–H groups in total. The molecule has 1 atom stereocenters. The maximum atomic E-state index is 10.9. The molecule has 2 aliphatic heterocycles. The number of ketones is 1. The second kappa shape index (κ2) is 1.83. The van der Waals surface area contributed by atoms with Gasteiger partial charge in [-0.25, -0.2) is 0 Å². The van der Waals surface area contributed by atoms with Crippen LogP contribution in [0, 0.1) is 0 Å². The smallest absolute Gasteiger partial charge is 0.168 e. The molecular formula is C7H9NO2. The van der Waals surface area contributed by atoms with E-state index in [-0.39, 0.29) is 11.5 Å². The lowest BCUT2D eigenvalue weighted by atomic mass is 9.94. The number of rotatable bonds is 0. The number of carbonyl (C=O) groups is 1. The van der Waals surface area contributed by atoms with Gasteiger partial charge in [0.15, 0.2) is 11.5 Å². The van der Waals surface area contributed by atoms with Gasteiger partial charge in [0.2, 0.25) is 0 Å². The van der Waals surface area contributed by atoms with Gasteiger partial charge >= 0.3 is 0 Å². The average molecular weight is 139 g/mol. The maximum Gasteiger partial charge on any atom is 0.168 e. The molecule has 3 nitrogen and oxygen atoms in total. The Hall–Kier alpha value is -0.830. The third-order valence-electron chi connectivity index (χ3n) is 1.98. The van der Waals surface area contributed by atoms with Crippen LogP contribution in [0.5, 0.6) is 0 Å². The van der Waals surface area contributed by atoms with Gasteiger partial charge in [-0.05, 0) is 0 Å². The summed E-state index contributed by atoms with van der Waals surface area (Å²) in [6.07, 6.45) is 4.40. The average Bonchev–Trinajstić information content (AvgIpc) is 1.85. The molecule has 1 unspecified atom stereocenters. The summed E-state index contributed by atoms with van der Waals surface area (Å²) in [5.74, 6) is 0.151. The van der Waals surface area contributed by atoms with Crippen molar-refractivity contribution in [2.75, 3.05) is 6.54 Å². The standard InChI is InChI=1S/C7H9NO2/c9-6-1-4-10-7(5-6)2-3-8-7/h1,4,8H,2-3,5H2. The highest BCUT2D eigenvalue weighted by Gasteiger charge is 2.41. The van der Waals surface area contributed by atoms with Crippen molar-refractivity contribution in [2.45, 2.75) is 18.6 Å². The summed E-state index contributed by atoms with van der Waals surface area (Å²) < 4.78 is 5.26. The Morgan fingerprint density at radius 2 is 2.50 bits per heavy atom. The van der Waals surface area contributed by atoms with Gasteiger partial charge < -0.3 is 4.74 Å². The fourth-order valence-electron chi connectivity index (χ4n) is 1.28. The summed E-state index contributed by atoms with van der Waals surface area (Å²) in [4.78, 5) is 10.9. The van der Waals surface area contributed by atoms with Crippen molar-refractivity contribution >= 4 is 5.78 Å². The molecule has 0 aromatic carbocycles. The quantitative estimate of drug-likeness (QED) is 0.520. The predicted octanol–water partition coefficient (Wildman–Crippen LogP) is 0.179. The normalized spacial score (nSPS) is 37.4. The summed E-state index contributed by atoms with van der Waals surface area (Å²) in [6.45, 7) is 0.959. The second-order valence-electron chi connectivity index (χ2n) is 2.73. The van der Waals surface area contributed by atoms with Gasteiger partial charge in [0.25, 0.3) is 0 Å². The number of allylic oxidation sites excluding steroid dienone is 1. The van der Waals surface area contributed by atoms with Crippen molar-refractivity contribution in [3.63, 3.8) is 0 Å². The Kier molecular flexibility index (Phi) is 1.08. The van der Waals surface area contributed by atoms with Crippen LogP contribution in [0.2, 0.25) is 0 Å². The Bertz CT molecular complexity index is 194. The summed E-state index contributed by atoms with van der Waals surface area (Å²) in [5.41, 5.74) is -0.314. The van der Waals surface area contributed by atoms with Gasteiger partial charge in [0.1, 0.15) is 0 Å². The zero-order valence-electron chi connectivity index (χ0n) is 5.59. The van der Waals surface area contributed by atoms with Crippen molar-refractivity contribution in [1.82, 2.24) is 5.32 Å². The second-order valence-corrected chi connectivity index (χ2v) is 2.73. The van der Waals surface area contributed by atoms with Crippen LogP contribution in [-0.4, -0.2) is 18.1 Å². The Morgan fingerprint density at radius 3 is 2.90 bits per heavy atom. The molecule has 0 amide bonds. The highest BCUT2D eigenvalue weighted by atomic mass is 16.5. The molecule has 10 heavy (non-hydrogen) atoms. The zero-order chi connectivity index (χ0) is 7.03. The predicted molar refractivity (Wildman–Crippen MR) is 35.2 cm³/mol. The van der Waals surface area contributed by atoms with Gasteiger partial charge in [-0.15, -0.1) is 0 Å². The SMILES string of the molecule is O=C1C=COC2(CCN2)C1. The largest absolute Gasteiger partial charge is 0.480 e. The van der Waals surface area contributed by atoms with Crippen LogP contribution in [-0.2, 0) is 9.53 Å². The minimum Gasteiger partial charge on any atom is -0.480 e. The molecular weight excluding hydrogens is 130 g/mol. The third-order valence-corrected chi connectivity index (χ3v) is 1.98. The number of nitrogens with one attached hydrogen (secondary N) is 1. The number of hydrogen-bond donors (Lipinski definition) is 1. The van der Waals surface area contributed by atoms with Crippen molar-refractivity contribution in [1.29, 1.82) is 0 Å². The Balaban J connectivity index is 2.13. The van der Waals surface area contributed by atoms with Crippen LogP contribution < -0.4 is 5.32 Å². The summed E-state index contributed by atoms with van der Waals surface area (Å²) in [6, 6.07) is 0. The van der Waals surface area contributed by atoms with E-state index in [2.05, 4.69) is 5.32 Å². The first kappa shape index (κ1) is 5.92. The van der Waals surface area contributed by atoms with E-state index >= 15 is 0 Å². The molecule has 0 aromatic rings. The number of carbonyl (C=O) groups excluding carboxylic acids is 1. The molecule has 54 valence electrons. The van der Waals surface area contributed by atoms with Crippen molar-refractivity contribution < 1.29 is 9.53 Å². The molecule has 0 aliphatic carbocycles. The summed E-state index contributed by atoms with van der Waals surface area (Å²) in [5, 5.41) is 3.10. The van der Waals surface area contributed by atoms with E-state index in [1.807, 2.05) is 0 Å². The lowest BCUT2D eigenvalue weighted by Crippen LogP contribution is -2.59. The molecule has 0 radical (unpaired) electrons. The summed E-state index contributed by atoms with van der Waals surface area (Å²) in [7, 11) is 0. The molecule has 1 saturated heterocycles. The number of hydrogen-bond acceptors (Lipinski definition) is 3. The van der Waals surface area contributed by atoms with Crippen molar-refractivity contribution in [2.24, 2.45) is 0 Å². The lowest BCUT2D eigenvalue weighted by Gasteiger charge is -2.42. The van der Waals surface area contributed by atoms with Crippen LogP contribution in [0.3, 0.4) is 0 Å². The minimum absolute atomic E-state index is 0.151. The van der Waals surface area contributed by atoms with E-state index in [4.69, 9.17) is 4.74 Å². The molecule has 0 saturated carbocycles. The first-order valence-corrected chi connectivity index (χ1v) is 3.43. The van der Waals surface area contributed by atoms with E-state index in [0.29, 0.717) is 6.42 Å². The first-order chi connectivity index (χ1) is 4.81. The van der Waals surface area contributed by atoms with Gasteiger partial charge in [0.05, 0.1) is 12.7 Å². The zero-order valence-corrected chi connectivity index (χ0v) is 5.59. The molecule has 2 rings (SSSR count). The Morgan fingerprint density at radius 1 is 1.70 bits per heavy atom. The monoisotopic (exact) mass is 139 g/mol. The lowest BCUT2D eigenvalue weighted by molar-refractivity contribution is -0.131. The van der Waals surface area contributed by atoms with Crippen molar-refractivity contribution in [3.8, 4) is 0 Å². The third kappa shape index (κ3) is 0.743. The van der Waals surface area contributed by atoms with E-state index in [1.54, 1.807) is 0 Å². The molecule has 1 fully saturated rings. The highest BCUT2D eigenvalue weighted by Crippen LogP contribution is 2.27. The first-order valence-electron chi connectivity index (χ1n) is 3.43. The van der Waals surface area contributed by atoms with E-state index in [9.17, 15) is 4.79 Å². The fourth-order valence-corrected chi connectivity index (χ4v) is 1.28. The van der Waals surface area contributed by atoms with E-state index in [0.717, 1.165) is 13.0 Å². The van der Waals surface area contributed by atoms with Crippen LogP contribution in [0.1, 0.15) is 12.8 Å². The van der Waals surface area contributed by atoms with Gasteiger partial charge in [-0.2, -0.15) is 0 Å². The van der Waals surface area contributed by atoms with Crippen LogP contribution in [0.25, 0.3) is 0 Å². The van der Waals surface area contributed by atoms with Gasteiger partial charge in [0, 0.05) is 19.0 Å². The molecule has 3 heteroatoms. The van der Waals surface area contributed by atoms with Gasteiger partial charge in [-0.1, -0.05) is 0 Å². The van der Waals surface area contributed by atoms with E-state index in [1.165, 1.54) is 12.3 Å².